The summed E-state index contributed by atoms with van der Waals surface area (Å²) in [5.74, 6) is 0.504. The van der Waals surface area contributed by atoms with Crippen LogP contribution in [0.5, 0.6) is 5.75 Å². The molecule has 0 fully saturated rings. The maximum Gasteiger partial charge on any atom is 0.257 e. The van der Waals surface area contributed by atoms with Crippen molar-refractivity contribution in [3.05, 3.63) is 95.6 Å². The molecule has 1 N–H and O–H groups in total. The average Bonchev–Trinajstić information content (AvgIpc) is 2.82. The van der Waals surface area contributed by atoms with Crippen LogP contribution in [-0.2, 0) is 11.4 Å². The van der Waals surface area contributed by atoms with Crippen molar-refractivity contribution < 1.29 is 14.3 Å². The van der Waals surface area contributed by atoms with Crippen LogP contribution >= 0.6 is 0 Å². The van der Waals surface area contributed by atoms with E-state index in [1.807, 2.05) is 77.7 Å². The molecule has 0 saturated heterocycles. The largest absolute Gasteiger partial charge is 0.489 e. The van der Waals surface area contributed by atoms with Gasteiger partial charge in [-0.25, -0.2) is 0 Å². The lowest BCUT2D eigenvalue weighted by atomic mass is 10.0. The van der Waals surface area contributed by atoms with Crippen LogP contribution in [0.2, 0.25) is 0 Å². The van der Waals surface area contributed by atoms with Gasteiger partial charge in [0.15, 0.2) is 0 Å². The van der Waals surface area contributed by atoms with E-state index in [9.17, 15) is 9.59 Å². The summed E-state index contributed by atoms with van der Waals surface area (Å²) in [4.78, 5) is 29.0. The first-order valence-electron chi connectivity index (χ1n) is 10.2. The number of ether oxygens (including phenoxy) is 1. The van der Waals surface area contributed by atoms with Gasteiger partial charge in [0.05, 0.1) is 17.8 Å². The second kappa shape index (κ2) is 8.92. The summed E-state index contributed by atoms with van der Waals surface area (Å²) < 4.78 is 5.99. The first kappa shape index (κ1) is 20.5. The minimum atomic E-state index is -0.431. The van der Waals surface area contributed by atoms with Gasteiger partial charge >= 0.3 is 0 Å². The van der Waals surface area contributed by atoms with Crippen LogP contribution in [0, 0.1) is 0 Å². The fourth-order valence-electron chi connectivity index (χ4n) is 3.86. The molecule has 1 unspecified atom stereocenters. The van der Waals surface area contributed by atoms with Crippen molar-refractivity contribution in [1.82, 2.24) is 10.2 Å². The van der Waals surface area contributed by atoms with Crippen molar-refractivity contribution in [2.24, 2.45) is 0 Å². The Morgan fingerprint density at radius 3 is 2.52 bits per heavy atom. The van der Waals surface area contributed by atoms with Gasteiger partial charge in [-0.15, -0.1) is 0 Å². The topological polar surface area (TPSA) is 61.9 Å². The van der Waals surface area contributed by atoms with E-state index >= 15 is 0 Å². The molecule has 0 spiro atoms. The number of carbonyl (C=O) groups is 2. The molecule has 1 aliphatic rings. The molecule has 6 nitrogen and oxygen atoms in total. The van der Waals surface area contributed by atoms with E-state index in [0.717, 1.165) is 16.8 Å². The summed E-state index contributed by atoms with van der Waals surface area (Å²) >= 11 is 0. The van der Waals surface area contributed by atoms with Crippen LogP contribution in [-0.4, -0.2) is 37.4 Å². The molecule has 0 aliphatic carbocycles. The molecule has 0 bridgehead atoms. The van der Waals surface area contributed by atoms with Gasteiger partial charge in [-0.05, 0) is 35.4 Å². The SMILES string of the molecule is CNC(=O)CN1c2ccccc2C(=O)N(C)C1c1cccc(OCc2ccccc2)c1. The summed E-state index contributed by atoms with van der Waals surface area (Å²) in [7, 11) is 3.37. The highest BCUT2D eigenvalue weighted by atomic mass is 16.5. The Kier molecular flexibility index (Phi) is 5.89. The molecule has 4 rings (SSSR count). The van der Waals surface area contributed by atoms with Crippen molar-refractivity contribution in [3.63, 3.8) is 0 Å². The molecular formula is C25H25N3O3. The van der Waals surface area contributed by atoms with Crippen LogP contribution in [0.3, 0.4) is 0 Å². The Bertz CT molecular complexity index is 1080. The fraction of sp³-hybridized carbons (Fsp3) is 0.200. The van der Waals surface area contributed by atoms with E-state index in [-0.39, 0.29) is 18.4 Å². The smallest absolute Gasteiger partial charge is 0.257 e. The monoisotopic (exact) mass is 415 g/mol. The van der Waals surface area contributed by atoms with Crippen molar-refractivity contribution >= 4 is 17.5 Å². The fourth-order valence-corrected chi connectivity index (χ4v) is 3.86. The van der Waals surface area contributed by atoms with Gasteiger partial charge < -0.3 is 19.9 Å². The number of benzene rings is 3. The van der Waals surface area contributed by atoms with E-state index < -0.39 is 6.17 Å². The van der Waals surface area contributed by atoms with E-state index in [1.54, 1.807) is 25.1 Å². The number of para-hydroxylation sites is 1. The normalized spacial score (nSPS) is 15.4. The summed E-state index contributed by atoms with van der Waals surface area (Å²) in [6, 6.07) is 25.0. The molecule has 3 aromatic carbocycles. The number of anilines is 1. The van der Waals surface area contributed by atoms with Crippen molar-refractivity contribution in [3.8, 4) is 5.75 Å². The molecule has 1 heterocycles. The molecule has 1 atom stereocenters. The van der Waals surface area contributed by atoms with Gasteiger partial charge in [0.1, 0.15) is 18.5 Å². The highest BCUT2D eigenvalue weighted by molar-refractivity contribution is 6.02. The second-order valence-corrected chi connectivity index (χ2v) is 7.45. The number of fused-ring (bicyclic) bond motifs is 1. The number of nitrogens with zero attached hydrogens (tertiary/aromatic N) is 2. The predicted molar refractivity (Wildman–Crippen MR) is 120 cm³/mol. The van der Waals surface area contributed by atoms with Gasteiger partial charge in [-0.3, -0.25) is 9.59 Å². The lowest BCUT2D eigenvalue weighted by Crippen LogP contribution is -2.50. The van der Waals surface area contributed by atoms with E-state index in [4.69, 9.17) is 4.74 Å². The van der Waals surface area contributed by atoms with Crippen molar-refractivity contribution in [1.29, 1.82) is 0 Å². The van der Waals surface area contributed by atoms with Crippen molar-refractivity contribution in [2.75, 3.05) is 25.5 Å². The molecule has 158 valence electrons. The van der Waals surface area contributed by atoms with E-state index in [0.29, 0.717) is 17.9 Å². The molecule has 31 heavy (non-hydrogen) atoms. The van der Waals surface area contributed by atoms with Crippen molar-refractivity contribution in [2.45, 2.75) is 12.8 Å². The molecule has 2 amide bonds. The zero-order valence-corrected chi connectivity index (χ0v) is 17.6. The second-order valence-electron chi connectivity index (χ2n) is 7.45. The highest BCUT2D eigenvalue weighted by Gasteiger charge is 2.37. The number of rotatable bonds is 6. The van der Waals surface area contributed by atoms with Gasteiger partial charge in [-0.1, -0.05) is 54.6 Å². The van der Waals surface area contributed by atoms with Crippen LogP contribution in [0.1, 0.15) is 27.7 Å². The maximum absolute atomic E-state index is 13.1. The Hall–Kier alpha value is -3.80. The van der Waals surface area contributed by atoms with Gasteiger partial charge in [0, 0.05) is 14.1 Å². The molecule has 1 aliphatic heterocycles. The number of nitrogens with one attached hydrogen (secondary N) is 1. The minimum absolute atomic E-state index is 0.0793. The first-order valence-corrected chi connectivity index (χ1v) is 10.2. The number of hydrogen-bond acceptors (Lipinski definition) is 4. The molecule has 0 radical (unpaired) electrons. The molecular weight excluding hydrogens is 390 g/mol. The average molecular weight is 415 g/mol. The number of carbonyl (C=O) groups excluding carboxylic acids is 2. The van der Waals surface area contributed by atoms with Gasteiger partial charge in [0.25, 0.3) is 5.91 Å². The van der Waals surface area contributed by atoms with Crippen LogP contribution in [0.25, 0.3) is 0 Å². The lowest BCUT2D eigenvalue weighted by molar-refractivity contribution is -0.119. The number of likely N-dealkylation sites (N-methyl/N-ethyl adjacent to an activating group) is 1. The summed E-state index contributed by atoms with van der Waals surface area (Å²) in [6.45, 7) is 0.583. The Morgan fingerprint density at radius 2 is 1.74 bits per heavy atom. The zero-order chi connectivity index (χ0) is 21.8. The molecule has 0 saturated carbocycles. The maximum atomic E-state index is 13.1. The van der Waals surface area contributed by atoms with E-state index in [2.05, 4.69) is 5.32 Å². The predicted octanol–water partition coefficient (Wildman–Crippen LogP) is 3.60. The zero-order valence-electron chi connectivity index (χ0n) is 17.6. The van der Waals surface area contributed by atoms with Crippen LogP contribution < -0.4 is 15.0 Å². The van der Waals surface area contributed by atoms with Gasteiger partial charge in [0.2, 0.25) is 5.91 Å². The molecule has 0 aromatic heterocycles. The third kappa shape index (κ3) is 4.23. The van der Waals surface area contributed by atoms with Crippen LogP contribution in [0.4, 0.5) is 5.69 Å². The van der Waals surface area contributed by atoms with Crippen LogP contribution in [0.15, 0.2) is 78.9 Å². The first-order chi connectivity index (χ1) is 15.1. The summed E-state index contributed by atoms with van der Waals surface area (Å²) in [5.41, 5.74) is 3.28. The highest BCUT2D eigenvalue weighted by Crippen LogP contribution is 2.38. The van der Waals surface area contributed by atoms with Gasteiger partial charge in [-0.2, -0.15) is 0 Å². The molecule has 6 heteroatoms. The Balaban J connectivity index is 1.67. The van der Waals surface area contributed by atoms with E-state index in [1.165, 1.54) is 0 Å². The third-order valence-electron chi connectivity index (χ3n) is 5.42. The number of amides is 2. The third-order valence-corrected chi connectivity index (χ3v) is 5.42. The lowest BCUT2D eigenvalue weighted by Gasteiger charge is -2.44. The quantitative estimate of drug-likeness (QED) is 0.668. The summed E-state index contributed by atoms with van der Waals surface area (Å²) in [5, 5.41) is 2.68. The molecule has 3 aromatic rings. The summed E-state index contributed by atoms with van der Waals surface area (Å²) in [6.07, 6.45) is -0.431. The Labute approximate surface area is 182 Å². The number of hydrogen-bond donors (Lipinski definition) is 1. The Morgan fingerprint density at radius 1 is 1.00 bits per heavy atom. The minimum Gasteiger partial charge on any atom is -0.489 e. The standard InChI is InChI=1S/C25H25N3O3/c1-26-23(29)16-28-22-14-7-6-13-21(22)25(30)27(2)24(28)19-11-8-12-20(15-19)31-17-18-9-4-3-5-10-18/h3-15,24H,16-17H2,1-2H3,(H,26,29).